The number of carbonyl (C=O) groups excluding carboxylic acids is 1. The molecule has 37 heavy (non-hydrogen) atoms. The highest BCUT2D eigenvalue weighted by Crippen LogP contribution is 2.37. The summed E-state index contributed by atoms with van der Waals surface area (Å²) in [6, 6.07) is 22.3. The molecule has 1 aliphatic heterocycles. The molecule has 0 unspecified atom stereocenters. The van der Waals surface area contributed by atoms with Crippen LogP contribution in [0.2, 0.25) is 0 Å². The van der Waals surface area contributed by atoms with Crippen LogP contribution in [0.5, 0.6) is 5.75 Å². The molecule has 1 aliphatic carbocycles. The second kappa shape index (κ2) is 11.5. The van der Waals surface area contributed by atoms with Crippen molar-refractivity contribution in [3.05, 3.63) is 101 Å². The zero-order valence-electron chi connectivity index (χ0n) is 21.7. The SMILES string of the molecule is Cc1ccccc1[C@@H]1CN(Cc2ccccc2O)C[C@@H]1CN(C(=O)c1ccc(F)cc1)C1CCCCC1. The van der Waals surface area contributed by atoms with Crippen molar-refractivity contribution < 1.29 is 14.3 Å². The molecule has 1 heterocycles. The number of phenolic OH excluding ortho intramolecular Hbond substituents is 1. The molecule has 5 heteroatoms. The minimum Gasteiger partial charge on any atom is -0.508 e. The number of rotatable bonds is 7. The number of aromatic hydroxyl groups is 1. The van der Waals surface area contributed by atoms with Gasteiger partial charge in [0.1, 0.15) is 11.6 Å². The Bertz CT molecular complexity index is 1210. The van der Waals surface area contributed by atoms with Crippen LogP contribution in [-0.4, -0.2) is 46.5 Å². The fraction of sp³-hybridized carbons (Fsp3) is 0.406. The predicted molar refractivity (Wildman–Crippen MR) is 145 cm³/mol. The van der Waals surface area contributed by atoms with E-state index in [0.29, 0.717) is 30.3 Å². The monoisotopic (exact) mass is 500 g/mol. The summed E-state index contributed by atoms with van der Waals surface area (Å²) in [5.74, 6) is 0.566. The van der Waals surface area contributed by atoms with E-state index >= 15 is 0 Å². The second-order valence-electron chi connectivity index (χ2n) is 10.8. The molecule has 2 atom stereocenters. The van der Waals surface area contributed by atoms with Crippen LogP contribution in [-0.2, 0) is 6.54 Å². The van der Waals surface area contributed by atoms with Crippen molar-refractivity contribution in [1.82, 2.24) is 9.80 Å². The molecule has 2 fully saturated rings. The lowest BCUT2D eigenvalue weighted by molar-refractivity contribution is 0.0588. The van der Waals surface area contributed by atoms with Gasteiger partial charge in [-0.3, -0.25) is 9.69 Å². The lowest BCUT2D eigenvalue weighted by atomic mass is 9.85. The Hall–Kier alpha value is -3.18. The van der Waals surface area contributed by atoms with Crippen LogP contribution in [0, 0.1) is 18.7 Å². The molecule has 3 aromatic rings. The number of nitrogens with zero attached hydrogens (tertiary/aromatic N) is 2. The Morgan fingerprint density at radius 3 is 2.38 bits per heavy atom. The highest BCUT2D eigenvalue weighted by molar-refractivity contribution is 5.94. The number of likely N-dealkylation sites (tertiary alicyclic amines) is 1. The topological polar surface area (TPSA) is 43.8 Å². The normalized spacial score (nSPS) is 20.7. The van der Waals surface area contributed by atoms with E-state index < -0.39 is 0 Å². The maximum Gasteiger partial charge on any atom is 0.254 e. The van der Waals surface area contributed by atoms with Gasteiger partial charge in [0.05, 0.1) is 0 Å². The quantitative estimate of drug-likeness (QED) is 0.401. The molecular formula is C32H37FN2O2. The largest absolute Gasteiger partial charge is 0.508 e. The number of hydrogen-bond acceptors (Lipinski definition) is 3. The van der Waals surface area contributed by atoms with Gasteiger partial charge < -0.3 is 10.0 Å². The molecule has 1 saturated heterocycles. The van der Waals surface area contributed by atoms with E-state index in [2.05, 4.69) is 41.0 Å². The van der Waals surface area contributed by atoms with Gasteiger partial charge in [-0.1, -0.05) is 61.7 Å². The van der Waals surface area contributed by atoms with Crippen LogP contribution in [0.25, 0.3) is 0 Å². The van der Waals surface area contributed by atoms with Gasteiger partial charge in [-0.25, -0.2) is 4.39 Å². The number of para-hydroxylation sites is 1. The Kier molecular flexibility index (Phi) is 7.90. The predicted octanol–water partition coefficient (Wildman–Crippen LogP) is 6.53. The van der Waals surface area contributed by atoms with Crippen molar-refractivity contribution in [2.45, 2.75) is 57.5 Å². The fourth-order valence-corrected chi connectivity index (χ4v) is 6.32. The summed E-state index contributed by atoms with van der Waals surface area (Å²) in [7, 11) is 0. The molecule has 0 radical (unpaired) electrons. The molecule has 3 aromatic carbocycles. The van der Waals surface area contributed by atoms with Gasteiger partial charge >= 0.3 is 0 Å². The highest BCUT2D eigenvalue weighted by atomic mass is 19.1. The van der Waals surface area contributed by atoms with E-state index in [-0.39, 0.29) is 23.7 Å². The number of benzene rings is 3. The molecule has 2 aliphatic rings. The number of carbonyl (C=O) groups is 1. The molecule has 0 bridgehead atoms. The lowest BCUT2D eigenvalue weighted by Crippen LogP contribution is -2.45. The van der Waals surface area contributed by atoms with Crippen molar-refractivity contribution in [2.75, 3.05) is 19.6 Å². The summed E-state index contributed by atoms with van der Waals surface area (Å²) in [6.45, 7) is 5.26. The first-order chi connectivity index (χ1) is 18.0. The Balaban J connectivity index is 1.44. The van der Waals surface area contributed by atoms with Gasteiger partial charge in [-0.05, 0) is 67.1 Å². The number of halogens is 1. The average molecular weight is 501 g/mol. The van der Waals surface area contributed by atoms with Crippen LogP contribution in [0.15, 0.2) is 72.8 Å². The Morgan fingerprint density at radius 2 is 1.65 bits per heavy atom. The van der Waals surface area contributed by atoms with E-state index in [9.17, 15) is 14.3 Å². The standard InChI is InChI=1S/C32H37FN2O2/c1-23-9-5-7-13-29(23)30-22-34(19-25-10-6-8-14-31(25)36)20-26(30)21-35(28-11-3-2-4-12-28)32(37)24-15-17-27(33)18-16-24/h5-10,13-18,26,28,30,36H,2-4,11-12,19-22H2,1H3/t26-,30-/m1/s1. The van der Waals surface area contributed by atoms with Crippen LogP contribution in [0.1, 0.15) is 65.1 Å². The third-order valence-electron chi connectivity index (χ3n) is 8.29. The summed E-state index contributed by atoms with van der Waals surface area (Å²) in [5, 5.41) is 10.4. The number of hydrogen-bond donors (Lipinski definition) is 1. The molecule has 0 spiro atoms. The van der Waals surface area contributed by atoms with E-state index in [0.717, 1.165) is 44.3 Å². The van der Waals surface area contributed by atoms with Gasteiger partial charge in [-0.15, -0.1) is 0 Å². The van der Waals surface area contributed by atoms with Crippen LogP contribution in [0.3, 0.4) is 0 Å². The molecule has 4 nitrogen and oxygen atoms in total. The van der Waals surface area contributed by atoms with E-state index in [4.69, 9.17) is 0 Å². The minimum atomic E-state index is -0.323. The Labute approximate surface area is 219 Å². The summed E-state index contributed by atoms with van der Waals surface area (Å²) in [6.07, 6.45) is 5.55. The molecule has 1 amide bonds. The van der Waals surface area contributed by atoms with Crippen LogP contribution < -0.4 is 0 Å². The van der Waals surface area contributed by atoms with Crippen LogP contribution >= 0.6 is 0 Å². The summed E-state index contributed by atoms with van der Waals surface area (Å²) in [5.41, 5.74) is 4.10. The smallest absolute Gasteiger partial charge is 0.254 e. The van der Waals surface area contributed by atoms with Gasteiger partial charge in [0, 0.05) is 49.3 Å². The van der Waals surface area contributed by atoms with Crippen molar-refractivity contribution in [2.24, 2.45) is 5.92 Å². The zero-order chi connectivity index (χ0) is 25.8. The maximum atomic E-state index is 13.8. The number of amides is 1. The first-order valence-corrected chi connectivity index (χ1v) is 13.6. The number of aryl methyl sites for hydroxylation is 1. The third kappa shape index (κ3) is 5.88. The first-order valence-electron chi connectivity index (χ1n) is 13.6. The maximum absolute atomic E-state index is 13.8. The lowest BCUT2D eigenvalue weighted by Gasteiger charge is -2.37. The fourth-order valence-electron chi connectivity index (χ4n) is 6.32. The molecule has 194 valence electrons. The zero-order valence-corrected chi connectivity index (χ0v) is 21.7. The van der Waals surface area contributed by atoms with Gasteiger partial charge in [0.2, 0.25) is 0 Å². The van der Waals surface area contributed by atoms with Gasteiger partial charge in [-0.2, -0.15) is 0 Å². The van der Waals surface area contributed by atoms with Crippen molar-refractivity contribution in [3.63, 3.8) is 0 Å². The van der Waals surface area contributed by atoms with Gasteiger partial charge in [0.25, 0.3) is 5.91 Å². The Morgan fingerprint density at radius 1 is 0.946 bits per heavy atom. The van der Waals surface area contributed by atoms with E-state index in [1.807, 2.05) is 18.2 Å². The average Bonchev–Trinajstić information content (AvgIpc) is 3.31. The minimum absolute atomic E-state index is 0.00888. The van der Waals surface area contributed by atoms with Gasteiger partial charge in [0.15, 0.2) is 0 Å². The third-order valence-corrected chi connectivity index (χ3v) is 8.29. The van der Waals surface area contributed by atoms with E-state index in [1.165, 1.54) is 29.7 Å². The van der Waals surface area contributed by atoms with Crippen molar-refractivity contribution >= 4 is 5.91 Å². The molecule has 0 aromatic heterocycles. The molecule has 1 N–H and O–H groups in total. The van der Waals surface area contributed by atoms with Crippen LogP contribution in [0.4, 0.5) is 4.39 Å². The molecular weight excluding hydrogens is 463 g/mol. The first kappa shape index (κ1) is 25.5. The van der Waals surface area contributed by atoms with Crippen molar-refractivity contribution in [1.29, 1.82) is 0 Å². The summed E-state index contributed by atoms with van der Waals surface area (Å²) >= 11 is 0. The summed E-state index contributed by atoms with van der Waals surface area (Å²) < 4.78 is 13.6. The molecule has 1 saturated carbocycles. The summed E-state index contributed by atoms with van der Waals surface area (Å²) in [4.78, 5) is 18.3. The molecule has 5 rings (SSSR count). The van der Waals surface area contributed by atoms with E-state index in [1.54, 1.807) is 18.2 Å². The van der Waals surface area contributed by atoms with Crippen molar-refractivity contribution in [3.8, 4) is 5.75 Å². The highest BCUT2D eigenvalue weighted by Gasteiger charge is 2.38. The second-order valence-corrected chi connectivity index (χ2v) is 10.8. The number of phenols is 1.